The first-order chi connectivity index (χ1) is 15.9. The molecule has 0 fully saturated rings. The molecule has 33 heavy (non-hydrogen) atoms. The third-order valence-electron chi connectivity index (χ3n) is 6.77. The molecule has 0 aromatic heterocycles. The van der Waals surface area contributed by atoms with E-state index in [4.69, 9.17) is 0 Å². The number of unbranched alkanes of at least 4 members (excludes halogenated alkanes) is 2. The Morgan fingerprint density at radius 3 is 2.21 bits per heavy atom. The van der Waals surface area contributed by atoms with Crippen LogP contribution in [0.3, 0.4) is 0 Å². The lowest BCUT2D eigenvalue weighted by Gasteiger charge is -2.17. The Labute approximate surface area is 197 Å². The zero-order valence-electron chi connectivity index (χ0n) is 19.7. The number of amides is 2. The second kappa shape index (κ2) is 10.3. The molecule has 0 spiro atoms. The molecule has 4 rings (SSSR count). The molecule has 2 aromatic rings. The number of anilines is 1. The van der Waals surface area contributed by atoms with Crippen LogP contribution in [0.4, 0.5) is 10.5 Å². The number of hydrogen-bond donors (Lipinski definition) is 2. The van der Waals surface area contributed by atoms with Gasteiger partial charge >= 0.3 is 6.03 Å². The average molecular weight is 470 g/mol. The molecule has 2 aliphatic carbocycles. The second-order valence-electron chi connectivity index (χ2n) is 9.38. The van der Waals surface area contributed by atoms with Crippen molar-refractivity contribution in [1.82, 2.24) is 9.62 Å². The molecule has 2 aromatic carbocycles. The third-order valence-corrected chi connectivity index (χ3v) is 8.12. The summed E-state index contributed by atoms with van der Waals surface area (Å²) in [6, 6.07) is 8.38. The molecular weight excluding hydrogens is 434 g/mol. The van der Waals surface area contributed by atoms with E-state index < -0.39 is 16.1 Å². The highest BCUT2D eigenvalue weighted by molar-refractivity contribution is 7.90. The molecule has 178 valence electrons. The van der Waals surface area contributed by atoms with Crippen LogP contribution in [0.1, 0.15) is 66.8 Å². The lowest BCUT2D eigenvalue weighted by molar-refractivity contribution is 0.256. The van der Waals surface area contributed by atoms with E-state index in [1.165, 1.54) is 35.1 Å². The van der Waals surface area contributed by atoms with Crippen LogP contribution in [0.15, 0.2) is 35.2 Å². The van der Waals surface area contributed by atoms with Crippen molar-refractivity contribution in [3.63, 3.8) is 0 Å². The molecular formula is C26H35N3O3S. The van der Waals surface area contributed by atoms with Gasteiger partial charge in [-0.25, -0.2) is 17.9 Å². The van der Waals surface area contributed by atoms with Gasteiger partial charge in [0.1, 0.15) is 0 Å². The molecule has 0 heterocycles. The van der Waals surface area contributed by atoms with Gasteiger partial charge in [0.15, 0.2) is 0 Å². The highest BCUT2D eigenvalue weighted by atomic mass is 32.2. The van der Waals surface area contributed by atoms with Crippen LogP contribution >= 0.6 is 0 Å². The van der Waals surface area contributed by atoms with Crippen molar-refractivity contribution in [3.05, 3.63) is 58.1 Å². The molecule has 0 bridgehead atoms. The number of benzene rings is 2. The molecule has 0 saturated carbocycles. The Bertz CT molecular complexity index is 1080. The summed E-state index contributed by atoms with van der Waals surface area (Å²) < 4.78 is 27.9. The summed E-state index contributed by atoms with van der Waals surface area (Å²) in [6.45, 7) is 3.97. The van der Waals surface area contributed by atoms with E-state index in [1.54, 1.807) is 12.1 Å². The summed E-state index contributed by atoms with van der Waals surface area (Å²) in [6.07, 6.45) is 9.62. The van der Waals surface area contributed by atoms with Gasteiger partial charge < -0.3 is 10.2 Å². The van der Waals surface area contributed by atoms with Crippen molar-refractivity contribution >= 4 is 21.7 Å². The minimum atomic E-state index is -3.95. The summed E-state index contributed by atoms with van der Waals surface area (Å²) in [5, 5.41) is 2.89. The Morgan fingerprint density at radius 1 is 0.970 bits per heavy atom. The van der Waals surface area contributed by atoms with Crippen molar-refractivity contribution in [3.8, 4) is 0 Å². The number of sulfonamides is 1. The maximum absolute atomic E-state index is 12.8. The number of nitrogens with one attached hydrogen (secondary N) is 2. The molecule has 7 heteroatoms. The minimum Gasteiger partial charge on any atom is -0.307 e. The summed E-state index contributed by atoms with van der Waals surface area (Å²) in [4.78, 5) is 15.1. The molecule has 6 nitrogen and oxygen atoms in total. The second-order valence-corrected chi connectivity index (χ2v) is 11.1. The number of urea groups is 1. The first-order valence-electron chi connectivity index (χ1n) is 12.1. The van der Waals surface area contributed by atoms with Crippen molar-refractivity contribution in [2.45, 2.75) is 76.2 Å². The van der Waals surface area contributed by atoms with Gasteiger partial charge in [0.2, 0.25) is 0 Å². The molecule has 2 amide bonds. The zero-order valence-corrected chi connectivity index (χ0v) is 20.6. The van der Waals surface area contributed by atoms with E-state index in [9.17, 15) is 13.2 Å². The predicted molar refractivity (Wildman–Crippen MR) is 132 cm³/mol. The Balaban J connectivity index is 1.41. The first-order valence-corrected chi connectivity index (χ1v) is 13.6. The van der Waals surface area contributed by atoms with Crippen molar-refractivity contribution in [2.75, 3.05) is 18.9 Å². The molecule has 0 saturated heterocycles. The van der Waals surface area contributed by atoms with Crippen LogP contribution in [-0.2, 0) is 42.3 Å². The van der Waals surface area contributed by atoms with Crippen LogP contribution in [0.25, 0.3) is 0 Å². The van der Waals surface area contributed by atoms with Crippen LogP contribution < -0.4 is 10.0 Å². The fourth-order valence-corrected chi connectivity index (χ4v) is 5.99. The fraction of sp³-hybridized carbons (Fsp3) is 0.500. The number of carbonyl (C=O) groups is 1. The molecule has 2 N–H and O–H groups in total. The van der Waals surface area contributed by atoms with Gasteiger partial charge in [-0.05, 0) is 98.5 Å². The zero-order chi connectivity index (χ0) is 23.4. The normalized spacial score (nSPS) is 14.9. The number of fused-ring (bicyclic) bond motifs is 2. The molecule has 0 unspecified atom stereocenters. The van der Waals surface area contributed by atoms with Crippen LogP contribution in [0, 0.1) is 0 Å². The molecule has 0 aliphatic heterocycles. The van der Waals surface area contributed by atoms with Gasteiger partial charge in [-0.3, -0.25) is 0 Å². The third kappa shape index (κ3) is 5.58. The maximum atomic E-state index is 12.8. The monoisotopic (exact) mass is 469 g/mol. The molecule has 2 aliphatic rings. The minimum absolute atomic E-state index is 0.0959. The SMILES string of the molecule is CCCCCN(C)Cc1ccc(S(=O)(=O)NC(=O)Nc2c3c(cc4c2CCC4)CCC3)cc1. The fourth-order valence-electron chi connectivity index (χ4n) is 5.08. The lowest BCUT2D eigenvalue weighted by atomic mass is 9.99. The number of aryl methyl sites for hydroxylation is 2. The van der Waals surface area contributed by atoms with Crippen molar-refractivity contribution in [2.24, 2.45) is 0 Å². The van der Waals surface area contributed by atoms with Crippen molar-refractivity contribution in [1.29, 1.82) is 0 Å². The van der Waals surface area contributed by atoms with E-state index in [2.05, 4.69) is 35.0 Å². The van der Waals surface area contributed by atoms with Gasteiger partial charge in [-0.1, -0.05) is 38.0 Å². The van der Waals surface area contributed by atoms with Gasteiger partial charge in [-0.15, -0.1) is 0 Å². The quantitative estimate of drug-likeness (QED) is 0.517. The Kier molecular flexibility index (Phi) is 7.39. The number of nitrogens with zero attached hydrogens (tertiary/aromatic N) is 1. The lowest BCUT2D eigenvalue weighted by Crippen LogP contribution is -2.35. The number of rotatable bonds is 9. The van der Waals surface area contributed by atoms with Gasteiger partial charge in [0.25, 0.3) is 10.0 Å². The maximum Gasteiger partial charge on any atom is 0.333 e. The highest BCUT2D eigenvalue weighted by Gasteiger charge is 2.26. The molecule has 0 radical (unpaired) electrons. The van der Waals surface area contributed by atoms with Gasteiger partial charge in [0, 0.05) is 12.2 Å². The standard InChI is InChI=1S/C26H35N3O3S/c1-3-4-5-16-29(2)18-19-12-14-22(15-13-19)33(31,32)28-26(30)27-25-23-10-6-8-20(23)17-21-9-7-11-24(21)25/h12-15,17H,3-11,16,18H2,1-2H3,(H2,27,28,30). The van der Waals surface area contributed by atoms with Gasteiger partial charge in [-0.2, -0.15) is 0 Å². The van der Waals surface area contributed by atoms with E-state index in [1.807, 2.05) is 12.1 Å². The number of carbonyl (C=O) groups excluding carboxylic acids is 1. The highest BCUT2D eigenvalue weighted by Crippen LogP contribution is 2.38. The average Bonchev–Trinajstić information content (AvgIpc) is 3.43. The van der Waals surface area contributed by atoms with E-state index >= 15 is 0 Å². The Morgan fingerprint density at radius 2 is 1.61 bits per heavy atom. The van der Waals surface area contributed by atoms with E-state index in [0.29, 0.717) is 0 Å². The van der Waals surface area contributed by atoms with Crippen LogP contribution in [-0.4, -0.2) is 32.9 Å². The summed E-state index contributed by atoms with van der Waals surface area (Å²) in [7, 11) is -1.87. The van der Waals surface area contributed by atoms with Crippen LogP contribution in [0.5, 0.6) is 0 Å². The Hall–Kier alpha value is -2.38. The predicted octanol–water partition coefficient (Wildman–Crippen LogP) is 4.80. The summed E-state index contributed by atoms with van der Waals surface area (Å²) in [5.74, 6) is 0. The topological polar surface area (TPSA) is 78.5 Å². The number of hydrogen-bond acceptors (Lipinski definition) is 4. The van der Waals surface area contributed by atoms with Crippen molar-refractivity contribution < 1.29 is 13.2 Å². The largest absolute Gasteiger partial charge is 0.333 e. The smallest absolute Gasteiger partial charge is 0.307 e. The van der Waals surface area contributed by atoms with E-state index in [0.717, 1.165) is 69.3 Å². The summed E-state index contributed by atoms with van der Waals surface area (Å²) >= 11 is 0. The summed E-state index contributed by atoms with van der Waals surface area (Å²) in [5.41, 5.74) is 6.83. The molecule has 0 atom stereocenters. The van der Waals surface area contributed by atoms with E-state index in [-0.39, 0.29) is 4.90 Å². The van der Waals surface area contributed by atoms with Gasteiger partial charge in [0.05, 0.1) is 4.90 Å². The van der Waals surface area contributed by atoms with Crippen LogP contribution in [0.2, 0.25) is 0 Å². The first kappa shape index (κ1) is 23.8.